The zero-order chi connectivity index (χ0) is 16.7. The summed E-state index contributed by atoms with van der Waals surface area (Å²) in [7, 11) is 0. The number of nitrogens with one attached hydrogen (secondary N) is 1. The summed E-state index contributed by atoms with van der Waals surface area (Å²) in [5, 5.41) is 21.5. The Balaban J connectivity index is 3.56. The Morgan fingerprint density at radius 2 is 1.23 bits per heavy atom. The molecule has 22 heavy (non-hydrogen) atoms. The van der Waals surface area contributed by atoms with Gasteiger partial charge in [-0.1, -0.05) is 77.6 Å². The van der Waals surface area contributed by atoms with E-state index in [0.29, 0.717) is 6.42 Å². The molecule has 0 heterocycles. The predicted molar refractivity (Wildman–Crippen MR) is 91.8 cm³/mol. The molecule has 4 heteroatoms. The highest BCUT2D eigenvalue weighted by Gasteiger charge is 2.28. The van der Waals surface area contributed by atoms with E-state index < -0.39 is 5.54 Å². The van der Waals surface area contributed by atoms with Crippen molar-refractivity contribution in [3.8, 4) is 0 Å². The van der Waals surface area contributed by atoms with E-state index in [9.17, 15) is 15.0 Å². The number of rotatable bonds is 15. The molecule has 0 aromatic rings. The average Bonchev–Trinajstić information content (AvgIpc) is 2.51. The lowest BCUT2D eigenvalue weighted by Gasteiger charge is -2.30. The van der Waals surface area contributed by atoms with Gasteiger partial charge in [-0.3, -0.25) is 4.79 Å². The Labute approximate surface area is 136 Å². The largest absolute Gasteiger partial charge is 0.394 e. The third kappa shape index (κ3) is 11.0. The van der Waals surface area contributed by atoms with Crippen molar-refractivity contribution in [3.05, 3.63) is 0 Å². The molecule has 0 rings (SSSR count). The van der Waals surface area contributed by atoms with Crippen LogP contribution in [0.5, 0.6) is 0 Å². The van der Waals surface area contributed by atoms with Gasteiger partial charge in [-0.25, -0.2) is 0 Å². The van der Waals surface area contributed by atoms with Crippen LogP contribution in [0, 0.1) is 0 Å². The highest BCUT2D eigenvalue weighted by molar-refractivity contribution is 5.73. The molecule has 0 aromatic carbocycles. The molecule has 0 aliphatic rings. The number of hydrogen-bond acceptors (Lipinski definition) is 3. The number of aliphatic hydroxyl groups is 2. The van der Waals surface area contributed by atoms with Gasteiger partial charge in [-0.2, -0.15) is 0 Å². The van der Waals surface area contributed by atoms with E-state index in [1.807, 2.05) is 0 Å². The molecule has 0 atom stereocenters. The summed E-state index contributed by atoms with van der Waals surface area (Å²) in [4.78, 5) is 11.1. The zero-order valence-electron chi connectivity index (χ0n) is 14.7. The molecule has 3 N–H and O–H groups in total. The van der Waals surface area contributed by atoms with Crippen molar-refractivity contribution >= 4 is 5.91 Å². The molecule has 0 aliphatic carbocycles. The molecule has 0 saturated heterocycles. The number of unbranched alkanes of at least 4 members (excludes halogenated alkanes) is 10. The summed E-state index contributed by atoms with van der Waals surface area (Å²) < 4.78 is 0. The summed E-state index contributed by atoms with van der Waals surface area (Å²) in [5.74, 6) is -0.203. The van der Waals surface area contributed by atoms with E-state index in [0.717, 1.165) is 12.8 Å². The maximum Gasteiger partial charge on any atom is 0.217 e. The lowest BCUT2D eigenvalue weighted by Crippen LogP contribution is -2.53. The number of aliphatic hydroxyl groups excluding tert-OH is 2. The van der Waals surface area contributed by atoms with Crippen molar-refractivity contribution in [2.45, 2.75) is 96.4 Å². The molecular formula is C18H37NO3. The highest BCUT2D eigenvalue weighted by atomic mass is 16.3. The van der Waals surface area contributed by atoms with Crippen LogP contribution in [-0.4, -0.2) is 34.9 Å². The van der Waals surface area contributed by atoms with Crippen LogP contribution in [0.3, 0.4) is 0 Å². The average molecular weight is 315 g/mol. The number of hydrogen-bond donors (Lipinski definition) is 3. The normalized spacial score (nSPS) is 11.6. The van der Waals surface area contributed by atoms with Crippen molar-refractivity contribution in [1.82, 2.24) is 5.32 Å². The van der Waals surface area contributed by atoms with Crippen molar-refractivity contribution in [2.75, 3.05) is 13.2 Å². The maximum atomic E-state index is 11.1. The number of carbonyl (C=O) groups is 1. The quantitative estimate of drug-likeness (QED) is 0.405. The first kappa shape index (κ1) is 21.4. The van der Waals surface area contributed by atoms with E-state index in [1.165, 1.54) is 64.7 Å². The van der Waals surface area contributed by atoms with Crippen LogP contribution in [0.4, 0.5) is 0 Å². The maximum absolute atomic E-state index is 11.1. The van der Waals surface area contributed by atoms with Gasteiger partial charge in [0.1, 0.15) is 0 Å². The Bertz CT molecular complexity index is 265. The molecule has 0 radical (unpaired) electrons. The van der Waals surface area contributed by atoms with E-state index in [4.69, 9.17) is 0 Å². The molecule has 0 bridgehead atoms. The van der Waals surface area contributed by atoms with E-state index >= 15 is 0 Å². The Morgan fingerprint density at radius 1 is 0.818 bits per heavy atom. The van der Waals surface area contributed by atoms with Gasteiger partial charge in [-0.05, 0) is 6.42 Å². The second-order valence-corrected chi connectivity index (χ2v) is 6.56. The zero-order valence-corrected chi connectivity index (χ0v) is 14.7. The molecule has 4 nitrogen and oxygen atoms in total. The minimum absolute atomic E-state index is 0.203. The predicted octanol–water partition coefficient (Wildman–Crippen LogP) is 3.55. The Hall–Kier alpha value is -0.610. The second-order valence-electron chi connectivity index (χ2n) is 6.56. The van der Waals surface area contributed by atoms with Crippen LogP contribution in [0.2, 0.25) is 0 Å². The molecule has 1 amide bonds. The van der Waals surface area contributed by atoms with Gasteiger partial charge in [-0.15, -0.1) is 0 Å². The first-order valence-corrected chi connectivity index (χ1v) is 9.10. The van der Waals surface area contributed by atoms with Crippen LogP contribution in [-0.2, 0) is 4.79 Å². The summed E-state index contributed by atoms with van der Waals surface area (Å²) in [5.41, 5.74) is -0.842. The van der Waals surface area contributed by atoms with Gasteiger partial charge in [0.25, 0.3) is 0 Å². The van der Waals surface area contributed by atoms with E-state index in [-0.39, 0.29) is 19.1 Å². The Kier molecular flexibility index (Phi) is 13.6. The van der Waals surface area contributed by atoms with E-state index in [1.54, 1.807) is 0 Å². The van der Waals surface area contributed by atoms with Crippen molar-refractivity contribution in [1.29, 1.82) is 0 Å². The minimum Gasteiger partial charge on any atom is -0.394 e. The highest BCUT2D eigenvalue weighted by Crippen LogP contribution is 2.17. The molecule has 0 unspecified atom stereocenters. The van der Waals surface area contributed by atoms with Crippen molar-refractivity contribution in [3.63, 3.8) is 0 Å². The monoisotopic (exact) mass is 315 g/mol. The fraction of sp³-hybridized carbons (Fsp3) is 0.944. The standard InChI is InChI=1S/C18H37NO3/c1-3-4-5-6-7-8-9-10-11-12-13-14-18(15-20,16-21)19-17(2)22/h20-21H,3-16H2,1-2H3,(H,19,22). The van der Waals surface area contributed by atoms with E-state index in [2.05, 4.69) is 12.2 Å². The van der Waals surface area contributed by atoms with Gasteiger partial charge in [0.2, 0.25) is 5.91 Å². The van der Waals surface area contributed by atoms with Crippen molar-refractivity contribution in [2.24, 2.45) is 0 Å². The summed E-state index contributed by atoms with van der Waals surface area (Å²) in [6, 6.07) is 0. The number of carbonyl (C=O) groups excluding carboxylic acids is 1. The van der Waals surface area contributed by atoms with Gasteiger partial charge in [0.05, 0.1) is 18.8 Å². The van der Waals surface area contributed by atoms with Gasteiger partial charge < -0.3 is 15.5 Å². The minimum atomic E-state index is -0.842. The fourth-order valence-corrected chi connectivity index (χ4v) is 2.85. The molecule has 0 saturated carbocycles. The first-order valence-electron chi connectivity index (χ1n) is 9.10. The summed E-state index contributed by atoms with van der Waals surface area (Å²) in [6.07, 6.45) is 14.6. The summed E-state index contributed by atoms with van der Waals surface area (Å²) in [6.45, 7) is 3.25. The smallest absolute Gasteiger partial charge is 0.217 e. The third-order valence-corrected chi connectivity index (χ3v) is 4.31. The summed E-state index contributed by atoms with van der Waals surface area (Å²) >= 11 is 0. The van der Waals surface area contributed by atoms with Crippen LogP contribution < -0.4 is 5.32 Å². The molecular weight excluding hydrogens is 278 g/mol. The van der Waals surface area contributed by atoms with Crippen LogP contribution >= 0.6 is 0 Å². The van der Waals surface area contributed by atoms with Crippen molar-refractivity contribution < 1.29 is 15.0 Å². The van der Waals surface area contributed by atoms with Crippen LogP contribution in [0.1, 0.15) is 90.9 Å². The number of amides is 1. The Morgan fingerprint density at radius 3 is 1.59 bits per heavy atom. The van der Waals surface area contributed by atoms with Gasteiger partial charge in [0.15, 0.2) is 0 Å². The second kappa shape index (κ2) is 14.0. The lowest BCUT2D eigenvalue weighted by atomic mass is 9.93. The third-order valence-electron chi connectivity index (χ3n) is 4.31. The topological polar surface area (TPSA) is 69.6 Å². The molecule has 0 aromatic heterocycles. The molecule has 132 valence electrons. The SMILES string of the molecule is CCCCCCCCCCCCCC(CO)(CO)NC(C)=O. The first-order chi connectivity index (χ1) is 10.6. The van der Waals surface area contributed by atoms with Crippen LogP contribution in [0.25, 0.3) is 0 Å². The van der Waals surface area contributed by atoms with Gasteiger partial charge in [0, 0.05) is 6.92 Å². The van der Waals surface area contributed by atoms with Gasteiger partial charge >= 0.3 is 0 Å². The fourth-order valence-electron chi connectivity index (χ4n) is 2.85. The molecule has 0 fully saturated rings. The lowest BCUT2D eigenvalue weighted by molar-refractivity contribution is -0.122. The van der Waals surface area contributed by atoms with Crippen LogP contribution in [0.15, 0.2) is 0 Å². The molecule has 0 aliphatic heterocycles. The molecule has 0 spiro atoms.